The molecule has 24 heavy (non-hydrogen) atoms. The van der Waals surface area contributed by atoms with Gasteiger partial charge < -0.3 is 14.6 Å². The number of benzene rings is 1. The Morgan fingerprint density at radius 2 is 1.96 bits per heavy atom. The second kappa shape index (κ2) is 8.28. The van der Waals surface area contributed by atoms with Gasteiger partial charge in [0, 0.05) is 19.6 Å². The van der Waals surface area contributed by atoms with E-state index in [-0.39, 0.29) is 19.0 Å². The number of aliphatic hydroxyl groups is 1. The van der Waals surface area contributed by atoms with Gasteiger partial charge in [0.1, 0.15) is 23.8 Å². The molecule has 1 saturated carbocycles. The first-order valence-electron chi connectivity index (χ1n) is 9.04. The van der Waals surface area contributed by atoms with E-state index in [2.05, 4.69) is 4.90 Å². The number of rotatable bonds is 5. The second-order valence-electron chi connectivity index (χ2n) is 7.26. The smallest absolute Gasteiger partial charge is 0.134 e. The standard InChI is InChI=1S/C19H28FNO3/c20-17-6-8-18(9-7-17)24-15-19(22)13-21(10-11-23-14-19)12-16-4-2-1-3-5-16/h6-9,16,22H,1-5,10-15H2/t19-/m0/s1. The summed E-state index contributed by atoms with van der Waals surface area (Å²) in [6, 6.07) is 5.88. The van der Waals surface area contributed by atoms with Crippen LogP contribution in [0.15, 0.2) is 24.3 Å². The molecule has 0 spiro atoms. The summed E-state index contributed by atoms with van der Waals surface area (Å²) in [6.45, 7) is 3.52. The normalized spacial score (nSPS) is 26.9. The number of ether oxygens (including phenoxy) is 2. The van der Waals surface area contributed by atoms with Gasteiger partial charge in [-0.2, -0.15) is 0 Å². The quantitative estimate of drug-likeness (QED) is 0.897. The monoisotopic (exact) mass is 337 g/mol. The molecule has 1 aliphatic carbocycles. The SMILES string of the molecule is O[C@]1(COc2ccc(F)cc2)COCCN(CC2CCCCC2)C1. The molecule has 5 heteroatoms. The Kier molecular flexibility index (Phi) is 6.09. The van der Waals surface area contributed by atoms with Crippen LogP contribution in [0.1, 0.15) is 32.1 Å². The van der Waals surface area contributed by atoms with Crippen LogP contribution in [0.3, 0.4) is 0 Å². The van der Waals surface area contributed by atoms with Crippen molar-refractivity contribution < 1.29 is 19.0 Å². The lowest BCUT2D eigenvalue weighted by Gasteiger charge is -2.33. The van der Waals surface area contributed by atoms with Crippen LogP contribution in [0.25, 0.3) is 0 Å². The fraction of sp³-hybridized carbons (Fsp3) is 0.684. The molecule has 0 radical (unpaired) electrons. The minimum absolute atomic E-state index is 0.153. The zero-order valence-corrected chi connectivity index (χ0v) is 14.3. The molecular formula is C19H28FNO3. The average molecular weight is 337 g/mol. The minimum atomic E-state index is -1.03. The highest BCUT2D eigenvalue weighted by Gasteiger charge is 2.34. The lowest BCUT2D eigenvalue weighted by molar-refractivity contribution is -0.0651. The highest BCUT2D eigenvalue weighted by Crippen LogP contribution is 2.25. The molecule has 0 aromatic heterocycles. The van der Waals surface area contributed by atoms with Gasteiger partial charge in [0.15, 0.2) is 0 Å². The maximum absolute atomic E-state index is 13.0. The Hall–Kier alpha value is -1.17. The van der Waals surface area contributed by atoms with Gasteiger partial charge in [-0.05, 0) is 43.0 Å². The van der Waals surface area contributed by atoms with Crippen LogP contribution in [-0.4, -0.2) is 55.1 Å². The predicted molar refractivity (Wildman–Crippen MR) is 90.7 cm³/mol. The molecule has 1 saturated heterocycles. The number of nitrogens with zero attached hydrogens (tertiary/aromatic N) is 1. The molecule has 3 rings (SSSR count). The summed E-state index contributed by atoms with van der Waals surface area (Å²) in [5, 5.41) is 10.9. The topological polar surface area (TPSA) is 41.9 Å². The molecule has 1 aliphatic heterocycles. The van der Waals surface area contributed by atoms with E-state index in [4.69, 9.17) is 9.47 Å². The van der Waals surface area contributed by atoms with Gasteiger partial charge in [-0.1, -0.05) is 19.3 Å². The van der Waals surface area contributed by atoms with E-state index in [0.717, 1.165) is 19.0 Å². The van der Waals surface area contributed by atoms with E-state index in [9.17, 15) is 9.50 Å². The summed E-state index contributed by atoms with van der Waals surface area (Å²) in [5.41, 5.74) is -1.03. The van der Waals surface area contributed by atoms with E-state index >= 15 is 0 Å². The van der Waals surface area contributed by atoms with Crippen LogP contribution in [0.2, 0.25) is 0 Å². The van der Waals surface area contributed by atoms with Crippen LogP contribution >= 0.6 is 0 Å². The van der Waals surface area contributed by atoms with Gasteiger partial charge in [-0.3, -0.25) is 4.90 Å². The van der Waals surface area contributed by atoms with Crippen LogP contribution in [-0.2, 0) is 4.74 Å². The van der Waals surface area contributed by atoms with Crippen molar-refractivity contribution in [1.29, 1.82) is 0 Å². The van der Waals surface area contributed by atoms with Crippen molar-refractivity contribution in [3.63, 3.8) is 0 Å². The molecule has 1 heterocycles. The van der Waals surface area contributed by atoms with Crippen molar-refractivity contribution in [3.05, 3.63) is 30.1 Å². The molecule has 1 N–H and O–H groups in total. The highest BCUT2D eigenvalue weighted by molar-refractivity contribution is 5.22. The summed E-state index contributed by atoms with van der Waals surface area (Å²) >= 11 is 0. The third-order valence-electron chi connectivity index (χ3n) is 5.00. The summed E-state index contributed by atoms with van der Waals surface area (Å²) < 4.78 is 24.2. The lowest BCUT2D eigenvalue weighted by Crippen LogP contribution is -2.49. The van der Waals surface area contributed by atoms with Gasteiger partial charge in [0.05, 0.1) is 13.2 Å². The molecule has 1 atom stereocenters. The van der Waals surface area contributed by atoms with Gasteiger partial charge in [-0.15, -0.1) is 0 Å². The van der Waals surface area contributed by atoms with Crippen molar-refractivity contribution in [2.24, 2.45) is 5.92 Å². The Morgan fingerprint density at radius 1 is 1.21 bits per heavy atom. The maximum Gasteiger partial charge on any atom is 0.134 e. The van der Waals surface area contributed by atoms with E-state index < -0.39 is 5.60 Å². The van der Waals surface area contributed by atoms with Crippen LogP contribution in [0.5, 0.6) is 5.75 Å². The van der Waals surface area contributed by atoms with Crippen LogP contribution in [0, 0.1) is 11.7 Å². The third kappa shape index (κ3) is 5.16. The summed E-state index contributed by atoms with van der Waals surface area (Å²) in [7, 11) is 0. The van der Waals surface area contributed by atoms with E-state index in [1.165, 1.54) is 44.2 Å². The first-order chi connectivity index (χ1) is 11.6. The molecule has 1 aromatic rings. The number of halogens is 1. The summed E-state index contributed by atoms with van der Waals surface area (Å²) in [4.78, 5) is 2.32. The largest absolute Gasteiger partial charge is 0.490 e. The Balaban J connectivity index is 1.54. The third-order valence-corrected chi connectivity index (χ3v) is 5.00. The Morgan fingerprint density at radius 3 is 2.71 bits per heavy atom. The Bertz CT molecular complexity index is 504. The molecule has 0 amide bonds. The van der Waals surface area contributed by atoms with Crippen molar-refractivity contribution in [3.8, 4) is 5.75 Å². The van der Waals surface area contributed by atoms with Crippen molar-refractivity contribution >= 4 is 0 Å². The number of hydrogen-bond acceptors (Lipinski definition) is 4. The fourth-order valence-electron chi connectivity index (χ4n) is 3.72. The first kappa shape index (κ1) is 17.6. The van der Waals surface area contributed by atoms with Crippen molar-refractivity contribution in [2.45, 2.75) is 37.7 Å². The van der Waals surface area contributed by atoms with E-state index in [0.29, 0.717) is 18.9 Å². The molecule has 2 fully saturated rings. The molecule has 4 nitrogen and oxygen atoms in total. The zero-order valence-electron chi connectivity index (χ0n) is 14.3. The van der Waals surface area contributed by atoms with Gasteiger partial charge >= 0.3 is 0 Å². The highest BCUT2D eigenvalue weighted by atomic mass is 19.1. The molecule has 0 unspecified atom stereocenters. The predicted octanol–water partition coefficient (Wildman–Crippen LogP) is 2.85. The molecular weight excluding hydrogens is 309 g/mol. The fourth-order valence-corrected chi connectivity index (χ4v) is 3.72. The maximum atomic E-state index is 13.0. The number of hydrogen-bond donors (Lipinski definition) is 1. The van der Waals surface area contributed by atoms with Gasteiger partial charge in [0.25, 0.3) is 0 Å². The van der Waals surface area contributed by atoms with Gasteiger partial charge in [-0.25, -0.2) is 4.39 Å². The number of β-amino-alcohol motifs (C(OH)–C–C–N with tert-alkyl or cyclic N) is 1. The van der Waals surface area contributed by atoms with Crippen LogP contribution in [0.4, 0.5) is 4.39 Å². The van der Waals surface area contributed by atoms with E-state index in [1.807, 2.05) is 0 Å². The lowest BCUT2D eigenvalue weighted by atomic mass is 9.88. The second-order valence-corrected chi connectivity index (χ2v) is 7.26. The van der Waals surface area contributed by atoms with Crippen molar-refractivity contribution in [1.82, 2.24) is 4.90 Å². The first-order valence-corrected chi connectivity index (χ1v) is 9.04. The molecule has 134 valence electrons. The van der Waals surface area contributed by atoms with Crippen LogP contribution < -0.4 is 4.74 Å². The van der Waals surface area contributed by atoms with Crippen molar-refractivity contribution in [2.75, 3.05) is 39.5 Å². The summed E-state index contributed by atoms with van der Waals surface area (Å²) in [5.74, 6) is 1.00. The molecule has 0 bridgehead atoms. The molecule has 2 aliphatic rings. The molecule has 1 aromatic carbocycles. The zero-order chi connectivity index (χ0) is 16.8. The minimum Gasteiger partial charge on any atom is -0.490 e. The average Bonchev–Trinajstić information content (AvgIpc) is 2.77. The Labute approximate surface area is 143 Å². The summed E-state index contributed by atoms with van der Waals surface area (Å²) in [6.07, 6.45) is 6.60. The van der Waals surface area contributed by atoms with E-state index in [1.54, 1.807) is 12.1 Å². The van der Waals surface area contributed by atoms with Gasteiger partial charge in [0.2, 0.25) is 0 Å².